The van der Waals surface area contributed by atoms with Crippen LogP contribution in [0, 0.1) is 5.82 Å². The monoisotopic (exact) mass is 322 g/mol. The first-order valence-electron chi connectivity index (χ1n) is 7.36. The average Bonchev–Trinajstić information content (AvgIpc) is 2.53. The van der Waals surface area contributed by atoms with Gasteiger partial charge in [0.15, 0.2) is 0 Å². The van der Waals surface area contributed by atoms with Gasteiger partial charge in [-0.3, -0.25) is 9.59 Å². The third-order valence-corrected chi connectivity index (χ3v) is 3.23. The Bertz CT molecular complexity index is 541. The van der Waals surface area contributed by atoms with Crippen LogP contribution in [0.3, 0.4) is 0 Å². The Hall–Kier alpha value is -2.21. The summed E-state index contributed by atoms with van der Waals surface area (Å²) in [6, 6.07) is 5.87. The normalized spacial score (nSPS) is 11.0. The number of likely N-dealkylation sites (N-methyl/N-ethyl adjacent to an activating group) is 1. The van der Waals surface area contributed by atoms with Crippen LogP contribution in [0.25, 0.3) is 6.08 Å². The summed E-state index contributed by atoms with van der Waals surface area (Å²) in [4.78, 5) is 27.1. The van der Waals surface area contributed by atoms with Crippen molar-refractivity contribution in [2.75, 3.05) is 40.8 Å². The first-order chi connectivity index (χ1) is 10.9. The molecule has 0 aliphatic heterocycles. The number of amides is 1. The second-order valence-electron chi connectivity index (χ2n) is 5.34. The molecular formula is C17H23FN2O3. The zero-order valence-electron chi connectivity index (χ0n) is 13.8. The van der Waals surface area contributed by atoms with E-state index in [1.54, 1.807) is 23.1 Å². The number of esters is 1. The van der Waals surface area contributed by atoms with Crippen molar-refractivity contribution in [3.05, 3.63) is 41.7 Å². The minimum Gasteiger partial charge on any atom is -0.469 e. The molecule has 0 N–H and O–H groups in total. The standard InChI is InChI=1S/C17H23FN2O3/c1-19(2)12-13-20(11-10-17(22)23-3)16(21)9-6-14-4-7-15(18)8-5-14/h4-9H,10-13H2,1-3H3/b9-6+. The highest BCUT2D eigenvalue weighted by Crippen LogP contribution is 2.06. The molecule has 1 aromatic carbocycles. The van der Waals surface area contributed by atoms with E-state index < -0.39 is 0 Å². The Morgan fingerprint density at radius 1 is 1.13 bits per heavy atom. The smallest absolute Gasteiger partial charge is 0.307 e. The third kappa shape index (κ3) is 7.56. The molecule has 0 heterocycles. The first-order valence-corrected chi connectivity index (χ1v) is 7.36. The molecule has 0 unspecified atom stereocenters. The molecule has 0 aliphatic carbocycles. The number of halogens is 1. The van der Waals surface area contributed by atoms with Gasteiger partial charge in [-0.1, -0.05) is 12.1 Å². The number of benzene rings is 1. The lowest BCUT2D eigenvalue weighted by Gasteiger charge is -2.22. The van der Waals surface area contributed by atoms with Crippen molar-refractivity contribution in [2.24, 2.45) is 0 Å². The zero-order chi connectivity index (χ0) is 17.2. The lowest BCUT2D eigenvalue weighted by Crippen LogP contribution is -2.37. The van der Waals surface area contributed by atoms with Crippen LogP contribution in [0.1, 0.15) is 12.0 Å². The second-order valence-corrected chi connectivity index (χ2v) is 5.34. The van der Waals surface area contributed by atoms with E-state index in [4.69, 9.17) is 0 Å². The molecular weight excluding hydrogens is 299 g/mol. The summed E-state index contributed by atoms with van der Waals surface area (Å²) in [6.45, 7) is 1.50. The van der Waals surface area contributed by atoms with Gasteiger partial charge in [0.25, 0.3) is 0 Å². The van der Waals surface area contributed by atoms with Crippen LogP contribution in [-0.4, -0.2) is 62.5 Å². The van der Waals surface area contributed by atoms with Crippen LogP contribution in [0.5, 0.6) is 0 Å². The highest BCUT2D eigenvalue weighted by molar-refractivity contribution is 5.92. The van der Waals surface area contributed by atoms with Gasteiger partial charge >= 0.3 is 5.97 Å². The van der Waals surface area contributed by atoms with Gasteiger partial charge in [0.2, 0.25) is 5.91 Å². The molecule has 0 saturated carbocycles. The predicted octanol–water partition coefficient (Wildman–Crippen LogP) is 1.79. The number of hydrogen-bond acceptors (Lipinski definition) is 4. The first kappa shape index (κ1) is 18.8. The minimum atomic E-state index is -0.352. The fraction of sp³-hybridized carbons (Fsp3) is 0.412. The van der Waals surface area contributed by atoms with Gasteiger partial charge in [0, 0.05) is 25.7 Å². The molecule has 0 atom stereocenters. The Labute approximate surface area is 136 Å². The molecule has 23 heavy (non-hydrogen) atoms. The van der Waals surface area contributed by atoms with E-state index in [0.29, 0.717) is 19.6 Å². The predicted molar refractivity (Wildman–Crippen MR) is 87.2 cm³/mol. The summed E-state index contributed by atoms with van der Waals surface area (Å²) in [5, 5.41) is 0. The summed E-state index contributed by atoms with van der Waals surface area (Å²) in [5.41, 5.74) is 0.736. The molecule has 126 valence electrons. The lowest BCUT2D eigenvalue weighted by atomic mass is 10.2. The van der Waals surface area contributed by atoms with E-state index in [0.717, 1.165) is 5.56 Å². The number of ether oxygens (including phenoxy) is 1. The van der Waals surface area contributed by atoms with Crippen molar-refractivity contribution in [3.8, 4) is 0 Å². The molecule has 0 radical (unpaired) electrons. The molecule has 0 spiro atoms. The summed E-state index contributed by atoms with van der Waals surface area (Å²) < 4.78 is 17.5. The van der Waals surface area contributed by atoms with E-state index in [1.807, 2.05) is 19.0 Å². The van der Waals surface area contributed by atoms with Gasteiger partial charge in [-0.15, -0.1) is 0 Å². The fourth-order valence-electron chi connectivity index (χ4n) is 1.83. The lowest BCUT2D eigenvalue weighted by molar-refractivity contribution is -0.141. The number of rotatable bonds is 8. The molecule has 1 amide bonds. The Kier molecular flexibility index (Phi) is 7.97. The van der Waals surface area contributed by atoms with Crippen LogP contribution in [-0.2, 0) is 14.3 Å². The van der Waals surface area contributed by atoms with Crippen molar-refractivity contribution in [1.29, 1.82) is 0 Å². The average molecular weight is 322 g/mol. The summed E-state index contributed by atoms with van der Waals surface area (Å²) in [7, 11) is 5.15. The van der Waals surface area contributed by atoms with Crippen LogP contribution >= 0.6 is 0 Å². The molecule has 0 aromatic heterocycles. The molecule has 1 aromatic rings. The second kappa shape index (κ2) is 9.74. The number of hydrogen-bond donors (Lipinski definition) is 0. The number of methoxy groups -OCH3 is 1. The zero-order valence-corrected chi connectivity index (χ0v) is 13.8. The van der Waals surface area contributed by atoms with Gasteiger partial charge in [0.05, 0.1) is 13.5 Å². The van der Waals surface area contributed by atoms with Crippen LogP contribution < -0.4 is 0 Å². The van der Waals surface area contributed by atoms with Crippen molar-refractivity contribution < 1.29 is 18.7 Å². The van der Waals surface area contributed by atoms with Crippen LogP contribution in [0.2, 0.25) is 0 Å². The summed E-state index contributed by atoms with van der Waals surface area (Å²) >= 11 is 0. The van der Waals surface area contributed by atoms with E-state index in [2.05, 4.69) is 4.74 Å². The maximum absolute atomic E-state index is 12.9. The summed E-state index contributed by atoms with van der Waals surface area (Å²) in [5.74, 6) is -0.866. The van der Waals surface area contributed by atoms with Crippen LogP contribution in [0.4, 0.5) is 4.39 Å². The molecule has 1 rings (SSSR count). The number of carbonyl (C=O) groups is 2. The fourth-order valence-corrected chi connectivity index (χ4v) is 1.83. The molecule has 0 fully saturated rings. The SMILES string of the molecule is COC(=O)CCN(CCN(C)C)C(=O)/C=C/c1ccc(F)cc1. The quantitative estimate of drug-likeness (QED) is 0.541. The Morgan fingerprint density at radius 2 is 1.78 bits per heavy atom. The molecule has 5 nitrogen and oxygen atoms in total. The maximum atomic E-state index is 12.9. The van der Waals surface area contributed by atoms with E-state index in [1.165, 1.54) is 25.3 Å². The van der Waals surface area contributed by atoms with E-state index in [-0.39, 0.29) is 24.1 Å². The largest absolute Gasteiger partial charge is 0.469 e. The Balaban J connectivity index is 2.68. The summed E-state index contributed by atoms with van der Waals surface area (Å²) in [6.07, 6.45) is 3.21. The third-order valence-electron chi connectivity index (χ3n) is 3.23. The van der Waals surface area contributed by atoms with Gasteiger partial charge in [-0.05, 0) is 37.9 Å². The van der Waals surface area contributed by atoms with Gasteiger partial charge in [-0.25, -0.2) is 4.39 Å². The van der Waals surface area contributed by atoms with Gasteiger partial charge in [-0.2, -0.15) is 0 Å². The van der Waals surface area contributed by atoms with Crippen LogP contribution in [0.15, 0.2) is 30.3 Å². The number of carbonyl (C=O) groups excluding carboxylic acids is 2. The van der Waals surface area contributed by atoms with Crippen molar-refractivity contribution >= 4 is 18.0 Å². The van der Waals surface area contributed by atoms with Crippen molar-refractivity contribution in [1.82, 2.24) is 9.80 Å². The minimum absolute atomic E-state index is 0.153. The van der Waals surface area contributed by atoms with E-state index >= 15 is 0 Å². The molecule has 0 bridgehead atoms. The number of nitrogens with zero attached hydrogens (tertiary/aromatic N) is 2. The van der Waals surface area contributed by atoms with Gasteiger partial charge in [0.1, 0.15) is 5.82 Å². The molecule has 0 aliphatic rings. The molecule has 0 saturated heterocycles. The highest BCUT2D eigenvalue weighted by atomic mass is 19.1. The van der Waals surface area contributed by atoms with Crippen molar-refractivity contribution in [3.63, 3.8) is 0 Å². The Morgan fingerprint density at radius 3 is 2.35 bits per heavy atom. The maximum Gasteiger partial charge on any atom is 0.307 e. The topological polar surface area (TPSA) is 49.9 Å². The van der Waals surface area contributed by atoms with E-state index in [9.17, 15) is 14.0 Å². The van der Waals surface area contributed by atoms with Gasteiger partial charge < -0.3 is 14.5 Å². The highest BCUT2D eigenvalue weighted by Gasteiger charge is 2.13. The molecule has 6 heteroatoms. The van der Waals surface area contributed by atoms with Crippen molar-refractivity contribution in [2.45, 2.75) is 6.42 Å².